The van der Waals surface area contributed by atoms with Gasteiger partial charge in [-0.15, -0.1) is 5.10 Å². The van der Waals surface area contributed by atoms with Crippen molar-refractivity contribution in [2.24, 2.45) is 15.9 Å². The first kappa shape index (κ1) is 20.1. The number of nitrogens with two attached hydrogens (primary N) is 1. The van der Waals surface area contributed by atoms with Gasteiger partial charge in [0.1, 0.15) is 11.0 Å². The van der Waals surface area contributed by atoms with E-state index in [-0.39, 0.29) is 23.4 Å². The van der Waals surface area contributed by atoms with E-state index in [4.69, 9.17) is 10.5 Å². The zero-order valence-electron chi connectivity index (χ0n) is 14.9. The molecule has 7 nitrogen and oxygen atoms in total. The van der Waals surface area contributed by atoms with Crippen LogP contribution < -0.4 is 15.4 Å². The van der Waals surface area contributed by atoms with Crippen LogP contribution in [0.5, 0.6) is 5.75 Å². The van der Waals surface area contributed by atoms with Crippen LogP contribution in [0, 0.1) is 0 Å². The molecule has 1 saturated heterocycles. The predicted octanol–water partition coefficient (Wildman–Crippen LogP) is 3.17. The van der Waals surface area contributed by atoms with Gasteiger partial charge in [-0.25, -0.2) is 4.90 Å². The van der Waals surface area contributed by atoms with Gasteiger partial charge in [-0.1, -0.05) is 39.8 Å². The van der Waals surface area contributed by atoms with E-state index in [1.54, 1.807) is 37.6 Å². The number of rotatable bonds is 5. The number of thioether (sulfide) groups is 1. The summed E-state index contributed by atoms with van der Waals surface area (Å²) >= 11 is 4.39. The van der Waals surface area contributed by atoms with E-state index in [2.05, 4.69) is 26.1 Å². The van der Waals surface area contributed by atoms with E-state index < -0.39 is 5.25 Å². The van der Waals surface area contributed by atoms with Crippen LogP contribution >= 0.6 is 27.7 Å². The Morgan fingerprint density at radius 2 is 1.89 bits per heavy atom. The summed E-state index contributed by atoms with van der Waals surface area (Å²) in [6, 6.07) is 14.3. The molecule has 1 fully saturated rings. The molecule has 2 amide bonds. The van der Waals surface area contributed by atoms with Gasteiger partial charge in [-0.2, -0.15) is 5.10 Å². The molecule has 0 aromatic heterocycles. The van der Waals surface area contributed by atoms with Crippen LogP contribution in [0.4, 0.5) is 5.69 Å². The molecular formula is C19H17BrN4O3S. The Kier molecular flexibility index (Phi) is 6.48. The summed E-state index contributed by atoms with van der Waals surface area (Å²) in [5.41, 5.74) is 7.23. The minimum atomic E-state index is -0.624. The molecule has 9 heteroatoms. The van der Waals surface area contributed by atoms with Crippen molar-refractivity contribution in [1.29, 1.82) is 0 Å². The average Bonchev–Trinajstić information content (AvgIpc) is 2.96. The highest BCUT2D eigenvalue weighted by Crippen LogP contribution is 2.30. The van der Waals surface area contributed by atoms with Crippen LogP contribution in [0.1, 0.15) is 12.0 Å². The number of carbonyl (C=O) groups is 2. The van der Waals surface area contributed by atoms with Crippen molar-refractivity contribution in [1.82, 2.24) is 0 Å². The third-order valence-electron chi connectivity index (χ3n) is 3.93. The predicted molar refractivity (Wildman–Crippen MR) is 115 cm³/mol. The van der Waals surface area contributed by atoms with Gasteiger partial charge in [-0.05, 0) is 42.0 Å². The summed E-state index contributed by atoms with van der Waals surface area (Å²) in [7, 11) is 1.55. The molecule has 0 saturated carbocycles. The number of halogens is 1. The second-order valence-electron chi connectivity index (χ2n) is 5.81. The maximum Gasteiger partial charge on any atom is 0.247 e. The highest BCUT2D eigenvalue weighted by Gasteiger charge is 2.40. The number of amidine groups is 1. The van der Waals surface area contributed by atoms with E-state index in [9.17, 15) is 9.59 Å². The minimum absolute atomic E-state index is 0.0577. The number of hydrogen-bond acceptors (Lipinski definition) is 6. The molecule has 144 valence electrons. The minimum Gasteiger partial charge on any atom is -0.497 e. The third-order valence-corrected chi connectivity index (χ3v) is 5.44. The highest BCUT2D eigenvalue weighted by molar-refractivity contribution is 9.10. The van der Waals surface area contributed by atoms with E-state index in [1.807, 2.05) is 24.3 Å². The van der Waals surface area contributed by atoms with Gasteiger partial charge in [0.05, 0.1) is 19.0 Å². The second kappa shape index (κ2) is 9.03. The van der Waals surface area contributed by atoms with Crippen LogP contribution in [-0.2, 0) is 9.59 Å². The lowest BCUT2D eigenvalue weighted by molar-refractivity contribution is -0.121. The SMILES string of the molecule is COc1ccc(N2C(=O)C[C@@H](SC(N)=N/N=C\c3ccc(Br)cc3)C2=O)cc1. The maximum absolute atomic E-state index is 12.6. The van der Waals surface area contributed by atoms with Crippen molar-refractivity contribution in [3.05, 3.63) is 58.6 Å². The number of anilines is 1. The van der Waals surface area contributed by atoms with Crippen LogP contribution in [-0.4, -0.2) is 35.6 Å². The number of methoxy groups -OCH3 is 1. The molecule has 2 aromatic rings. The molecule has 3 rings (SSSR count). The Balaban J connectivity index is 1.64. The summed E-state index contributed by atoms with van der Waals surface area (Å²) in [5, 5.41) is 7.33. The molecule has 0 radical (unpaired) electrons. The zero-order chi connectivity index (χ0) is 20.1. The Morgan fingerprint density at radius 3 is 2.54 bits per heavy atom. The summed E-state index contributed by atoms with van der Waals surface area (Å²) in [5.74, 6) is 0.0443. The van der Waals surface area contributed by atoms with Crippen LogP contribution in [0.2, 0.25) is 0 Å². The van der Waals surface area contributed by atoms with E-state index in [0.717, 1.165) is 26.7 Å². The van der Waals surface area contributed by atoms with Gasteiger partial charge in [0, 0.05) is 10.9 Å². The monoisotopic (exact) mass is 460 g/mol. The van der Waals surface area contributed by atoms with Crippen molar-refractivity contribution in [3.63, 3.8) is 0 Å². The summed E-state index contributed by atoms with van der Waals surface area (Å²) < 4.78 is 6.06. The van der Waals surface area contributed by atoms with Gasteiger partial charge in [-0.3, -0.25) is 9.59 Å². The first-order valence-electron chi connectivity index (χ1n) is 8.27. The summed E-state index contributed by atoms with van der Waals surface area (Å²) in [4.78, 5) is 26.1. The van der Waals surface area contributed by atoms with E-state index in [0.29, 0.717) is 11.4 Å². The Morgan fingerprint density at radius 1 is 1.21 bits per heavy atom. The van der Waals surface area contributed by atoms with E-state index in [1.165, 1.54) is 0 Å². The molecule has 2 N–H and O–H groups in total. The largest absolute Gasteiger partial charge is 0.497 e. The smallest absolute Gasteiger partial charge is 0.247 e. The number of benzene rings is 2. The number of ether oxygens (including phenoxy) is 1. The topological polar surface area (TPSA) is 97.3 Å². The first-order chi connectivity index (χ1) is 13.5. The molecule has 0 bridgehead atoms. The highest BCUT2D eigenvalue weighted by atomic mass is 79.9. The molecule has 2 aromatic carbocycles. The zero-order valence-corrected chi connectivity index (χ0v) is 17.3. The third kappa shape index (κ3) is 4.79. The second-order valence-corrected chi connectivity index (χ2v) is 7.95. The van der Waals surface area contributed by atoms with Gasteiger partial charge < -0.3 is 10.5 Å². The lowest BCUT2D eigenvalue weighted by Crippen LogP contribution is -2.31. The molecule has 1 atom stereocenters. The normalized spacial score (nSPS) is 17.6. The Bertz CT molecular complexity index is 929. The Labute approximate surface area is 174 Å². The molecular weight excluding hydrogens is 444 g/mol. The fourth-order valence-electron chi connectivity index (χ4n) is 2.57. The molecule has 1 heterocycles. The van der Waals surface area contributed by atoms with Gasteiger partial charge in [0.15, 0.2) is 5.17 Å². The molecule has 0 spiro atoms. The molecule has 0 unspecified atom stereocenters. The van der Waals surface area contributed by atoms with Gasteiger partial charge in [0.2, 0.25) is 11.8 Å². The fraction of sp³-hybridized carbons (Fsp3) is 0.158. The van der Waals surface area contributed by atoms with Crippen molar-refractivity contribution < 1.29 is 14.3 Å². The van der Waals surface area contributed by atoms with Crippen LogP contribution in [0.15, 0.2) is 63.2 Å². The summed E-state index contributed by atoms with van der Waals surface area (Å²) in [6.45, 7) is 0. The number of carbonyl (C=O) groups excluding carboxylic acids is 2. The van der Waals surface area contributed by atoms with Gasteiger partial charge >= 0.3 is 0 Å². The molecule has 0 aliphatic carbocycles. The lowest BCUT2D eigenvalue weighted by atomic mass is 10.2. The van der Waals surface area contributed by atoms with Gasteiger partial charge in [0.25, 0.3) is 0 Å². The molecule has 1 aliphatic heterocycles. The molecule has 28 heavy (non-hydrogen) atoms. The van der Waals surface area contributed by atoms with Crippen LogP contribution in [0.25, 0.3) is 0 Å². The number of imide groups is 1. The van der Waals surface area contributed by atoms with Crippen molar-refractivity contribution >= 4 is 56.6 Å². The van der Waals surface area contributed by atoms with E-state index >= 15 is 0 Å². The van der Waals surface area contributed by atoms with Crippen molar-refractivity contribution in [3.8, 4) is 5.75 Å². The number of amides is 2. The lowest BCUT2D eigenvalue weighted by Gasteiger charge is -2.15. The number of nitrogens with zero attached hydrogens (tertiary/aromatic N) is 3. The van der Waals surface area contributed by atoms with Crippen LogP contribution in [0.3, 0.4) is 0 Å². The number of hydrogen-bond donors (Lipinski definition) is 1. The summed E-state index contributed by atoms with van der Waals surface area (Å²) in [6.07, 6.45) is 1.62. The van der Waals surface area contributed by atoms with Crippen molar-refractivity contribution in [2.45, 2.75) is 11.7 Å². The maximum atomic E-state index is 12.6. The quantitative estimate of drug-likeness (QED) is 0.319. The fourth-order valence-corrected chi connectivity index (χ4v) is 3.65. The Hall–Kier alpha value is -2.65. The van der Waals surface area contributed by atoms with Crippen molar-refractivity contribution in [2.75, 3.05) is 12.0 Å². The first-order valence-corrected chi connectivity index (χ1v) is 9.95. The molecule has 1 aliphatic rings. The average molecular weight is 461 g/mol. The standard InChI is InChI=1S/C19H17BrN4O3S/c1-27-15-8-6-14(7-9-15)24-17(25)10-16(18(24)26)28-19(21)23-22-11-12-2-4-13(20)5-3-12/h2-9,11,16H,10H2,1H3,(H2,21,23)/b22-11-/t16-/m1/s1.